The summed E-state index contributed by atoms with van der Waals surface area (Å²) in [5.74, 6) is -0.307. The molecule has 0 unspecified atom stereocenters. The third-order valence-corrected chi connectivity index (χ3v) is 2.97. The molecule has 0 aliphatic carbocycles. The number of aromatic nitrogens is 1. The molecular weight excluding hydrogens is 278 g/mol. The summed E-state index contributed by atoms with van der Waals surface area (Å²) >= 11 is 5.88. The molecule has 0 atom stereocenters. The highest BCUT2D eigenvalue weighted by atomic mass is 35.5. The molecule has 0 aliphatic rings. The van der Waals surface area contributed by atoms with Gasteiger partial charge in [-0.05, 0) is 25.5 Å². The van der Waals surface area contributed by atoms with Crippen molar-refractivity contribution < 1.29 is 9.59 Å². The minimum Gasteiger partial charge on any atom is -0.347 e. The number of likely N-dealkylation sites (N-methyl/N-ethyl adjacent to an activating group) is 1. The maximum Gasteiger partial charge on any atom is 0.254 e. The van der Waals surface area contributed by atoms with Crippen molar-refractivity contribution in [3.05, 3.63) is 28.5 Å². The van der Waals surface area contributed by atoms with E-state index in [0.717, 1.165) is 6.42 Å². The number of rotatable bonds is 5. The van der Waals surface area contributed by atoms with Crippen molar-refractivity contribution in [1.29, 1.82) is 0 Å². The summed E-state index contributed by atoms with van der Waals surface area (Å²) in [5, 5.41) is 0.281. The lowest BCUT2D eigenvalue weighted by molar-refractivity contribution is -0.129. The van der Waals surface area contributed by atoms with Gasteiger partial charge in [0.25, 0.3) is 5.91 Å². The van der Waals surface area contributed by atoms with E-state index < -0.39 is 0 Å². The fraction of sp³-hybridized carbons (Fsp3) is 0.500. The molecule has 0 saturated heterocycles. The van der Waals surface area contributed by atoms with Gasteiger partial charge in [-0.1, -0.05) is 18.5 Å². The molecule has 20 heavy (non-hydrogen) atoms. The van der Waals surface area contributed by atoms with Crippen molar-refractivity contribution >= 4 is 23.4 Å². The van der Waals surface area contributed by atoms with E-state index in [1.54, 1.807) is 27.1 Å². The topological polar surface area (TPSA) is 53.5 Å². The molecule has 110 valence electrons. The zero-order valence-corrected chi connectivity index (χ0v) is 13.1. The van der Waals surface area contributed by atoms with Crippen molar-refractivity contribution in [1.82, 2.24) is 14.8 Å². The Morgan fingerprint density at radius 3 is 2.45 bits per heavy atom. The molecule has 0 N–H and O–H groups in total. The Morgan fingerprint density at radius 1 is 1.30 bits per heavy atom. The fourth-order valence-electron chi connectivity index (χ4n) is 1.76. The average molecular weight is 298 g/mol. The summed E-state index contributed by atoms with van der Waals surface area (Å²) in [6.45, 7) is 4.33. The lowest BCUT2D eigenvalue weighted by Gasteiger charge is -2.23. The predicted molar refractivity (Wildman–Crippen MR) is 78.9 cm³/mol. The van der Waals surface area contributed by atoms with E-state index in [9.17, 15) is 9.59 Å². The number of aryl methyl sites for hydroxylation is 1. The molecule has 0 saturated carbocycles. The molecule has 1 heterocycles. The third kappa shape index (κ3) is 4.49. The molecule has 1 aromatic heterocycles. The highest BCUT2D eigenvalue weighted by Crippen LogP contribution is 2.13. The van der Waals surface area contributed by atoms with E-state index in [4.69, 9.17) is 11.6 Å². The van der Waals surface area contributed by atoms with Crippen LogP contribution in [0.15, 0.2) is 12.1 Å². The van der Waals surface area contributed by atoms with Gasteiger partial charge in [-0.15, -0.1) is 0 Å². The van der Waals surface area contributed by atoms with Gasteiger partial charge in [0.05, 0.1) is 0 Å². The Balaban J connectivity index is 2.95. The van der Waals surface area contributed by atoms with Crippen molar-refractivity contribution in [3.8, 4) is 0 Å². The van der Waals surface area contributed by atoms with Gasteiger partial charge in [-0.3, -0.25) is 9.59 Å². The monoisotopic (exact) mass is 297 g/mol. The van der Waals surface area contributed by atoms with E-state index in [0.29, 0.717) is 17.8 Å². The minimum atomic E-state index is -0.200. The van der Waals surface area contributed by atoms with Crippen LogP contribution >= 0.6 is 11.6 Å². The van der Waals surface area contributed by atoms with Crippen LogP contribution in [0, 0.1) is 6.92 Å². The van der Waals surface area contributed by atoms with Crippen LogP contribution in [0.2, 0.25) is 5.15 Å². The van der Waals surface area contributed by atoms with Gasteiger partial charge in [0, 0.05) is 31.9 Å². The van der Waals surface area contributed by atoms with Gasteiger partial charge in [0.1, 0.15) is 11.7 Å². The van der Waals surface area contributed by atoms with Crippen molar-refractivity contribution in [2.45, 2.75) is 20.3 Å². The normalized spacial score (nSPS) is 10.2. The first-order valence-corrected chi connectivity index (χ1v) is 6.86. The molecule has 0 radical (unpaired) electrons. The molecule has 5 nitrogen and oxygen atoms in total. The van der Waals surface area contributed by atoms with Crippen LogP contribution in [0.4, 0.5) is 0 Å². The van der Waals surface area contributed by atoms with Crippen LogP contribution in [0.3, 0.4) is 0 Å². The number of hydrogen-bond acceptors (Lipinski definition) is 3. The van der Waals surface area contributed by atoms with Crippen LogP contribution in [-0.2, 0) is 4.79 Å². The van der Waals surface area contributed by atoms with E-state index in [-0.39, 0.29) is 23.5 Å². The highest BCUT2D eigenvalue weighted by molar-refractivity contribution is 6.29. The van der Waals surface area contributed by atoms with Crippen LogP contribution in [0.1, 0.15) is 29.4 Å². The lowest BCUT2D eigenvalue weighted by atomic mass is 10.2. The Labute approximate surface area is 124 Å². The quantitative estimate of drug-likeness (QED) is 0.781. The Bertz CT molecular complexity index is 483. The molecule has 1 rings (SSSR count). The van der Waals surface area contributed by atoms with Crippen LogP contribution in [-0.4, -0.2) is 53.8 Å². The summed E-state index contributed by atoms with van der Waals surface area (Å²) in [6, 6.07) is 3.21. The zero-order valence-electron chi connectivity index (χ0n) is 12.3. The second kappa shape index (κ2) is 7.24. The second-order valence-corrected chi connectivity index (χ2v) is 5.22. The summed E-state index contributed by atoms with van der Waals surface area (Å²) in [4.78, 5) is 31.3. The highest BCUT2D eigenvalue weighted by Gasteiger charge is 2.19. The molecule has 0 fully saturated rings. The van der Waals surface area contributed by atoms with Gasteiger partial charge in [0.2, 0.25) is 5.91 Å². The van der Waals surface area contributed by atoms with Gasteiger partial charge < -0.3 is 9.80 Å². The summed E-state index contributed by atoms with van der Waals surface area (Å²) in [5.41, 5.74) is 1.14. The Kier molecular flexibility index (Phi) is 5.95. The standard InChI is InChI=1S/C14H20ClN3O2/c1-5-6-18(9-13(19)17(3)4)14(20)11-7-10(2)16-12(15)8-11/h7-8H,5-6,9H2,1-4H3. The third-order valence-electron chi connectivity index (χ3n) is 2.77. The fourth-order valence-corrected chi connectivity index (χ4v) is 2.01. The number of amides is 2. The van der Waals surface area contributed by atoms with E-state index in [1.807, 2.05) is 6.92 Å². The Morgan fingerprint density at radius 2 is 1.95 bits per heavy atom. The minimum absolute atomic E-state index is 0.0681. The van der Waals surface area contributed by atoms with Crippen LogP contribution < -0.4 is 0 Å². The maximum absolute atomic E-state index is 12.5. The molecule has 0 aliphatic heterocycles. The predicted octanol–water partition coefficient (Wildman–Crippen LogP) is 1.98. The van der Waals surface area contributed by atoms with Gasteiger partial charge in [0.15, 0.2) is 0 Å². The summed E-state index contributed by atoms with van der Waals surface area (Å²) in [6.07, 6.45) is 0.782. The molecule has 0 bridgehead atoms. The summed E-state index contributed by atoms with van der Waals surface area (Å²) in [7, 11) is 3.34. The first-order chi connectivity index (χ1) is 9.35. The number of nitrogens with zero attached hydrogens (tertiary/aromatic N) is 3. The zero-order chi connectivity index (χ0) is 15.3. The average Bonchev–Trinajstić information content (AvgIpc) is 2.35. The molecule has 1 aromatic rings. The molecule has 2 amide bonds. The SMILES string of the molecule is CCCN(CC(=O)N(C)C)C(=O)c1cc(C)nc(Cl)c1. The van der Waals surface area contributed by atoms with E-state index in [2.05, 4.69) is 4.98 Å². The van der Waals surface area contributed by atoms with Crippen molar-refractivity contribution in [3.63, 3.8) is 0 Å². The number of hydrogen-bond donors (Lipinski definition) is 0. The van der Waals surface area contributed by atoms with Gasteiger partial charge >= 0.3 is 0 Å². The second-order valence-electron chi connectivity index (χ2n) is 4.83. The van der Waals surface area contributed by atoms with E-state index in [1.165, 1.54) is 15.9 Å². The summed E-state index contributed by atoms with van der Waals surface area (Å²) < 4.78 is 0. The molecule has 6 heteroatoms. The number of carbonyl (C=O) groups excluding carboxylic acids is 2. The molecule has 0 spiro atoms. The van der Waals surface area contributed by atoms with Gasteiger partial charge in [-0.2, -0.15) is 0 Å². The Hall–Kier alpha value is -1.62. The number of carbonyl (C=O) groups is 2. The number of halogens is 1. The van der Waals surface area contributed by atoms with Crippen molar-refractivity contribution in [2.24, 2.45) is 0 Å². The van der Waals surface area contributed by atoms with E-state index >= 15 is 0 Å². The number of pyridine rings is 1. The van der Waals surface area contributed by atoms with Crippen molar-refractivity contribution in [2.75, 3.05) is 27.2 Å². The van der Waals surface area contributed by atoms with Crippen LogP contribution in [0.25, 0.3) is 0 Å². The lowest BCUT2D eigenvalue weighted by Crippen LogP contribution is -2.40. The molecular formula is C14H20ClN3O2. The van der Waals surface area contributed by atoms with Gasteiger partial charge in [-0.25, -0.2) is 4.98 Å². The maximum atomic E-state index is 12.5. The first kappa shape index (κ1) is 16.4. The largest absolute Gasteiger partial charge is 0.347 e. The first-order valence-electron chi connectivity index (χ1n) is 6.48. The molecule has 0 aromatic carbocycles. The van der Waals surface area contributed by atoms with Crippen LogP contribution in [0.5, 0.6) is 0 Å². The smallest absolute Gasteiger partial charge is 0.254 e.